The van der Waals surface area contributed by atoms with E-state index in [-0.39, 0.29) is 24.4 Å². The molecule has 4 heteroatoms. The van der Waals surface area contributed by atoms with Crippen molar-refractivity contribution < 1.29 is 9.59 Å². The molecule has 0 unspecified atom stereocenters. The molecule has 102 valence electrons. The summed E-state index contributed by atoms with van der Waals surface area (Å²) in [4.78, 5) is 27.8. The highest BCUT2D eigenvalue weighted by Crippen LogP contribution is 2.34. The lowest BCUT2D eigenvalue weighted by Crippen LogP contribution is -2.50. The maximum atomic E-state index is 12.2. The predicted octanol–water partition coefficient (Wildman–Crippen LogP) is 2.57. The van der Waals surface area contributed by atoms with Crippen molar-refractivity contribution >= 4 is 23.2 Å². The zero-order valence-corrected chi connectivity index (χ0v) is 11.7. The lowest BCUT2D eigenvalue weighted by Gasteiger charge is -2.38. The van der Waals surface area contributed by atoms with Gasteiger partial charge in [0.05, 0.1) is 11.4 Å². The molecule has 0 atom stereocenters. The van der Waals surface area contributed by atoms with Crippen LogP contribution in [0.1, 0.15) is 33.6 Å². The van der Waals surface area contributed by atoms with Crippen LogP contribution in [-0.4, -0.2) is 24.4 Å². The van der Waals surface area contributed by atoms with Gasteiger partial charge in [-0.2, -0.15) is 0 Å². The molecule has 1 aliphatic heterocycles. The van der Waals surface area contributed by atoms with Crippen LogP contribution in [-0.2, 0) is 9.59 Å². The van der Waals surface area contributed by atoms with E-state index < -0.39 is 0 Å². The van der Waals surface area contributed by atoms with Gasteiger partial charge in [0.2, 0.25) is 11.8 Å². The van der Waals surface area contributed by atoms with Gasteiger partial charge in [-0.05, 0) is 32.4 Å². The normalized spacial score (nSPS) is 14.8. The molecule has 0 N–H and O–H groups in total. The second kappa shape index (κ2) is 5.43. The molecule has 1 heterocycles. The Labute approximate surface area is 114 Å². The Morgan fingerprint density at radius 1 is 1.26 bits per heavy atom. The summed E-state index contributed by atoms with van der Waals surface area (Å²) in [5.41, 5.74) is 1.67. The molecule has 0 aliphatic carbocycles. The van der Waals surface area contributed by atoms with E-state index >= 15 is 0 Å². The summed E-state index contributed by atoms with van der Waals surface area (Å²) in [7, 11) is 0. The SMILES string of the molecule is CCCC(=O)N1CC(=O)N(C(C)C)c2ccccc21. The standard InChI is InChI=1S/C15H20N2O2/c1-4-7-14(18)16-10-15(19)17(11(2)3)13-9-6-5-8-12(13)16/h5-6,8-9,11H,4,7,10H2,1-3H3. The minimum absolute atomic E-state index is 0.0156. The van der Waals surface area contributed by atoms with Crippen LogP contribution in [0.4, 0.5) is 11.4 Å². The van der Waals surface area contributed by atoms with Gasteiger partial charge in [0.1, 0.15) is 6.54 Å². The van der Waals surface area contributed by atoms with Crippen LogP contribution in [0.15, 0.2) is 24.3 Å². The lowest BCUT2D eigenvalue weighted by atomic mass is 10.1. The first kappa shape index (κ1) is 13.6. The molecule has 0 aromatic heterocycles. The van der Waals surface area contributed by atoms with Gasteiger partial charge in [-0.15, -0.1) is 0 Å². The zero-order valence-electron chi connectivity index (χ0n) is 11.7. The van der Waals surface area contributed by atoms with E-state index in [1.165, 1.54) is 0 Å². The van der Waals surface area contributed by atoms with E-state index in [2.05, 4.69) is 0 Å². The molecule has 0 fully saturated rings. The predicted molar refractivity (Wildman–Crippen MR) is 76.3 cm³/mol. The number of carbonyl (C=O) groups is 2. The summed E-state index contributed by atoms with van der Waals surface area (Å²) in [5, 5.41) is 0. The average Bonchev–Trinajstić information content (AvgIpc) is 2.37. The Morgan fingerprint density at radius 3 is 2.47 bits per heavy atom. The Morgan fingerprint density at radius 2 is 1.89 bits per heavy atom. The highest BCUT2D eigenvalue weighted by Gasteiger charge is 2.32. The third-order valence-corrected chi connectivity index (χ3v) is 3.28. The third-order valence-electron chi connectivity index (χ3n) is 3.28. The van der Waals surface area contributed by atoms with Crippen molar-refractivity contribution in [2.75, 3.05) is 16.3 Å². The number of amides is 2. The van der Waals surface area contributed by atoms with Crippen LogP contribution in [0.2, 0.25) is 0 Å². The van der Waals surface area contributed by atoms with Crippen LogP contribution in [0.25, 0.3) is 0 Å². The van der Waals surface area contributed by atoms with Gasteiger partial charge in [-0.3, -0.25) is 9.59 Å². The summed E-state index contributed by atoms with van der Waals surface area (Å²) in [6.45, 7) is 6.08. The van der Waals surface area contributed by atoms with Crippen LogP contribution >= 0.6 is 0 Å². The fourth-order valence-corrected chi connectivity index (χ4v) is 2.46. The number of nitrogens with zero attached hydrogens (tertiary/aromatic N) is 2. The molecule has 2 rings (SSSR count). The molecule has 2 amide bonds. The molecule has 4 nitrogen and oxygen atoms in total. The van der Waals surface area contributed by atoms with Crippen LogP contribution in [0, 0.1) is 0 Å². The monoisotopic (exact) mass is 260 g/mol. The first-order valence-electron chi connectivity index (χ1n) is 6.77. The van der Waals surface area contributed by atoms with Gasteiger partial charge in [-0.1, -0.05) is 19.1 Å². The number of carbonyl (C=O) groups excluding carboxylic acids is 2. The molecule has 0 saturated heterocycles. The molecule has 0 spiro atoms. The van der Waals surface area contributed by atoms with Crippen LogP contribution in [0.5, 0.6) is 0 Å². The highest BCUT2D eigenvalue weighted by atomic mass is 16.2. The number of hydrogen-bond donors (Lipinski definition) is 0. The lowest BCUT2D eigenvalue weighted by molar-refractivity contribution is -0.123. The fraction of sp³-hybridized carbons (Fsp3) is 0.467. The molecule has 1 aromatic rings. The van der Waals surface area contributed by atoms with Gasteiger partial charge in [0.25, 0.3) is 0 Å². The van der Waals surface area contributed by atoms with Crippen LogP contribution < -0.4 is 9.80 Å². The average molecular weight is 260 g/mol. The summed E-state index contributed by atoms with van der Waals surface area (Å²) in [6.07, 6.45) is 1.27. The summed E-state index contributed by atoms with van der Waals surface area (Å²) in [5.74, 6) is 0.00450. The van der Waals surface area contributed by atoms with Gasteiger partial charge < -0.3 is 9.80 Å². The van der Waals surface area contributed by atoms with Crippen molar-refractivity contribution in [2.45, 2.75) is 39.7 Å². The van der Waals surface area contributed by atoms with E-state index in [1.807, 2.05) is 45.0 Å². The summed E-state index contributed by atoms with van der Waals surface area (Å²) >= 11 is 0. The first-order chi connectivity index (χ1) is 9.06. The molecule has 1 aliphatic rings. The largest absolute Gasteiger partial charge is 0.306 e. The van der Waals surface area contributed by atoms with Gasteiger partial charge >= 0.3 is 0 Å². The molecule has 0 bridgehead atoms. The second-order valence-corrected chi connectivity index (χ2v) is 5.08. The van der Waals surface area contributed by atoms with Crippen LogP contribution in [0.3, 0.4) is 0 Å². The van der Waals surface area contributed by atoms with Gasteiger partial charge in [0, 0.05) is 12.5 Å². The number of anilines is 2. The summed E-state index contributed by atoms with van der Waals surface area (Å²) < 4.78 is 0. The molecule has 19 heavy (non-hydrogen) atoms. The van der Waals surface area contributed by atoms with E-state index in [0.29, 0.717) is 6.42 Å². The van der Waals surface area contributed by atoms with Gasteiger partial charge in [-0.25, -0.2) is 0 Å². The number of benzene rings is 1. The maximum Gasteiger partial charge on any atom is 0.247 e. The topological polar surface area (TPSA) is 40.6 Å². The molecule has 0 saturated carbocycles. The fourth-order valence-electron chi connectivity index (χ4n) is 2.46. The quantitative estimate of drug-likeness (QED) is 0.838. The van der Waals surface area contributed by atoms with E-state index in [0.717, 1.165) is 17.8 Å². The third kappa shape index (κ3) is 2.48. The number of para-hydroxylation sites is 2. The molecule has 1 aromatic carbocycles. The Hall–Kier alpha value is -1.84. The Balaban J connectivity index is 2.44. The number of hydrogen-bond acceptors (Lipinski definition) is 2. The van der Waals surface area contributed by atoms with E-state index in [1.54, 1.807) is 9.80 Å². The van der Waals surface area contributed by atoms with Crippen molar-refractivity contribution in [1.29, 1.82) is 0 Å². The summed E-state index contributed by atoms with van der Waals surface area (Å²) in [6, 6.07) is 7.70. The molecular formula is C15H20N2O2. The zero-order chi connectivity index (χ0) is 14.0. The Bertz CT molecular complexity index is 497. The van der Waals surface area contributed by atoms with Crippen molar-refractivity contribution in [3.63, 3.8) is 0 Å². The first-order valence-corrected chi connectivity index (χ1v) is 6.77. The van der Waals surface area contributed by atoms with Crippen molar-refractivity contribution in [3.05, 3.63) is 24.3 Å². The number of rotatable bonds is 3. The minimum Gasteiger partial charge on any atom is -0.306 e. The minimum atomic E-state index is -0.0156. The Kier molecular flexibility index (Phi) is 3.88. The second-order valence-electron chi connectivity index (χ2n) is 5.08. The molecule has 0 radical (unpaired) electrons. The van der Waals surface area contributed by atoms with Crippen molar-refractivity contribution in [3.8, 4) is 0 Å². The number of fused-ring (bicyclic) bond motifs is 1. The van der Waals surface area contributed by atoms with E-state index in [4.69, 9.17) is 0 Å². The van der Waals surface area contributed by atoms with Gasteiger partial charge in [0.15, 0.2) is 0 Å². The van der Waals surface area contributed by atoms with Crippen molar-refractivity contribution in [2.24, 2.45) is 0 Å². The van der Waals surface area contributed by atoms with E-state index in [9.17, 15) is 9.59 Å². The smallest absolute Gasteiger partial charge is 0.247 e. The van der Waals surface area contributed by atoms with Crippen molar-refractivity contribution in [1.82, 2.24) is 0 Å². The highest BCUT2D eigenvalue weighted by molar-refractivity contribution is 6.11. The maximum absolute atomic E-state index is 12.2. The molecular weight excluding hydrogens is 240 g/mol.